The molecule has 2 aliphatic heterocycles. The van der Waals surface area contributed by atoms with Gasteiger partial charge in [0, 0.05) is 28.6 Å². The number of benzene rings is 3. The van der Waals surface area contributed by atoms with Gasteiger partial charge >= 0.3 is 0 Å². The monoisotopic (exact) mass is 600 g/mol. The average molecular weight is 601 g/mol. The molecule has 1 N–H and O–H groups in total. The van der Waals surface area contributed by atoms with E-state index in [1.54, 1.807) is 46.8 Å². The Bertz CT molecular complexity index is 1570. The van der Waals surface area contributed by atoms with E-state index >= 15 is 0 Å². The summed E-state index contributed by atoms with van der Waals surface area (Å²) in [6, 6.07) is 15.9. The molecule has 0 radical (unpaired) electrons. The van der Waals surface area contributed by atoms with E-state index in [9.17, 15) is 17.6 Å². The van der Waals surface area contributed by atoms with Gasteiger partial charge in [-0.3, -0.25) is 9.10 Å². The van der Waals surface area contributed by atoms with E-state index < -0.39 is 15.8 Å². The number of fused-ring (bicyclic) bond motifs is 2. The van der Waals surface area contributed by atoms with Crippen molar-refractivity contribution in [3.05, 3.63) is 88.2 Å². The Labute approximate surface area is 243 Å². The molecule has 1 aliphatic carbocycles. The van der Waals surface area contributed by atoms with Crippen LogP contribution in [0.3, 0.4) is 0 Å². The summed E-state index contributed by atoms with van der Waals surface area (Å²) in [5.41, 5.74) is 2.31. The zero-order chi connectivity index (χ0) is 28.1. The largest absolute Gasteiger partial charge is 0.497 e. The minimum absolute atomic E-state index is 0.151. The average Bonchev–Trinajstić information content (AvgIpc) is 3.76. The number of hydrogen-bond donors (Lipinski definition) is 1. The summed E-state index contributed by atoms with van der Waals surface area (Å²) < 4.78 is 49.1. The lowest BCUT2D eigenvalue weighted by molar-refractivity contribution is 0.0950. The van der Waals surface area contributed by atoms with E-state index in [0.29, 0.717) is 22.6 Å². The molecule has 10 heteroatoms. The minimum Gasteiger partial charge on any atom is -0.497 e. The third kappa shape index (κ3) is 4.76. The number of halogens is 2. The Hall–Kier alpha value is -2.75. The predicted octanol–water partition coefficient (Wildman–Crippen LogP) is 6.17. The van der Waals surface area contributed by atoms with Crippen LogP contribution in [0, 0.1) is 11.7 Å². The second-order valence-electron chi connectivity index (χ2n) is 10.7. The van der Waals surface area contributed by atoms with Crippen molar-refractivity contribution >= 4 is 45.0 Å². The summed E-state index contributed by atoms with van der Waals surface area (Å²) in [6.45, 7) is 0.151. The number of thioether (sulfide) groups is 1. The summed E-state index contributed by atoms with van der Waals surface area (Å²) >= 11 is 8.04. The van der Waals surface area contributed by atoms with Crippen LogP contribution >= 0.6 is 23.4 Å². The maximum Gasteiger partial charge on any atom is 0.264 e. The number of rotatable bonds is 7. The van der Waals surface area contributed by atoms with Gasteiger partial charge in [-0.2, -0.15) is 11.8 Å². The molecule has 2 fully saturated rings. The fourth-order valence-electron chi connectivity index (χ4n) is 6.25. The third-order valence-electron chi connectivity index (χ3n) is 8.36. The normalized spacial score (nSPS) is 19.9. The molecule has 3 aromatic rings. The van der Waals surface area contributed by atoms with Crippen LogP contribution in [0.25, 0.3) is 0 Å². The van der Waals surface area contributed by atoms with Crippen molar-refractivity contribution in [3.8, 4) is 5.75 Å². The highest BCUT2D eigenvalue weighted by Gasteiger charge is 2.59. The van der Waals surface area contributed by atoms with Gasteiger partial charge in [0.15, 0.2) is 0 Å². The van der Waals surface area contributed by atoms with Crippen LogP contribution in [0.15, 0.2) is 65.6 Å². The summed E-state index contributed by atoms with van der Waals surface area (Å²) in [5.74, 6) is 1.91. The Kier molecular flexibility index (Phi) is 7.25. The molecule has 0 aromatic heterocycles. The minimum atomic E-state index is -3.90. The Morgan fingerprint density at radius 2 is 1.90 bits per heavy atom. The van der Waals surface area contributed by atoms with Crippen molar-refractivity contribution < 1.29 is 22.3 Å². The number of ether oxygens (including phenoxy) is 1. The SMILES string of the molecule is COc1cccc(S(=O)(=O)N2c3ccc(C(=O)NCc4ccc(F)cc4Cl)cc3C3(CCSCC3)C2C2CC2)c1. The van der Waals surface area contributed by atoms with Crippen LogP contribution in [0.5, 0.6) is 5.75 Å². The molecule has 6 nitrogen and oxygen atoms in total. The summed E-state index contributed by atoms with van der Waals surface area (Å²) in [6.07, 6.45) is 3.69. The van der Waals surface area contributed by atoms with Gasteiger partial charge in [0.05, 0.1) is 23.7 Å². The molecule has 0 bridgehead atoms. The molecule has 1 atom stereocenters. The van der Waals surface area contributed by atoms with E-state index in [-0.39, 0.29) is 39.7 Å². The lowest BCUT2D eigenvalue weighted by Gasteiger charge is -2.41. The fraction of sp³-hybridized carbons (Fsp3) is 0.367. The van der Waals surface area contributed by atoms with Crippen LogP contribution in [-0.4, -0.2) is 39.0 Å². The number of nitrogens with zero attached hydrogens (tertiary/aromatic N) is 1. The van der Waals surface area contributed by atoms with Crippen molar-refractivity contribution in [2.75, 3.05) is 22.9 Å². The van der Waals surface area contributed by atoms with Crippen LogP contribution < -0.4 is 14.4 Å². The first-order valence-corrected chi connectivity index (χ1v) is 16.3. The predicted molar refractivity (Wildman–Crippen MR) is 156 cm³/mol. The molecule has 1 saturated carbocycles. The van der Waals surface area contributed by atoms with Crippen molar-refractivity contribution in [2.45, 2.75) is 48.6 Å². The number of carbonyl (C=O) groups excluding carboxylic acids is 1. The first-order chi connectivity index (χ1) is 19.2. The van der Waals surface area contributed by atoms with E-state index in [1.807, 2.05) is 17.8 Å². The fourth-order valence-corrected chi connectivity index (χ4v) is 9.54. The standard InChI is InChI=1S/C30H30ClFN2O4S2/c1-38-23-3-2-4-24(17-23)40(36,37)34-27-10-8-20(29(35)33-18-21-7-9-22(32)16-26(21)31)15-25(27)30(11-13-39-14-12-30)28(34)19-5-6-19/h2-4,7-10,15-17,19,28H,5-6,11-14,18H2,1H3,(H,33,35). The van der Waals surface area contributed by atoms with Gasteiger partial charge in [0.1, 0.15) is 11.6 Å². The van der Waals surface area contributed by atoms with Crippen molar-refractivity contribution in [1.82, 2.24) is 5.32 Å². The lowest BCUT2D eigenvalue weighted by Crippen LogP contribution is -2.50. The number of carbonyl (C=O) groups is 1. The first kappa shape index (κ1) is 27.4. The molecule has 2 heterocycles. The highest BCUT2D eigenvalue weighted by molar-refractivity contribution is 7.99. The smallest absolute Gasteiger partial charge is 0.264 e. The molecule has 40 heavy (non-hydrogen) atoms. The van der Waals surface area contributed by atoms with E-state index in [2.05, 4.69) is 5.32 Å². The molecule has 1 saturated heterocycles. The second kappa shape index (κ2) is 10.6. The zero-order valence-electron chi connectivity index (χ0n) is 22.0. The Morgan fingerprint density at radius 1 is 1.12 bits per heavy atom. The van der Waals surface area contributed by atoms with Gasteiger partial charge in [0.25, 0.3) is 15.9 Å². The molecule has 1 amide bonds. The molecule has 210 valence electrons. The van der Waals surface area contributed by atoms with E-state index in [0.717, 1.165) is 42.8 Å². The van der Waals surface area contributed by atoms with Crippen LogP contribution in [0.2, 0.25) is 5.02 Å². The number of anilines is 1. The molecule has 3 aliphatic rings. The maximum absolute atomic E-state index is 14.3. The lowest BCUT2D eigenvalue weighted by atomic mass is 9.70. The van der Waals surface area contributed by atoms with Crippen molar-refractivity contribution in [2.24, 2.45) is 5.92 Å². The van der Waals surface area contributed by atoms with Gasteiger partial charge in [0.2, 0.25) is 0 Å². The zero-order valence-corrected chi connectivity index (χ0v) is 24.4. The molecule has 6 rings (SSSR count). The maximum atomic E-state index is 14.3. The summed E-state index contributed by atoms with van der Waals surface area (Å²) in [7, 11) is -2.38. The number of methoxy groups -OCH3 is 1. The van der Waals surface area contributed by atoms with Gasteiger partial charge < -0.3 is 10.1 Å². The number of sulfonamides is 1. The van der Waals surface area contributed by atoms with E-state index in [1.165, 1.54) is 19.2 Å². The number of nitrogens with one attached hydrogen (secondary N) is 1. The highest BCUT2D eigenvalue weighted by Crippen LogP contribution is 2.59. The molecular weight excluding hydrogens is 571 g/mol. The van der Waals surface area contributed by atoms with Gasteiger partial charge in [-0.05, 0) is 96.7 Å². The van der Waals surface area contributed by atoms with Crippen LogP contribution in [0.1, 0.15) is 47.2 Å². The van der Waals surface area contributed by atoms with Crippen molar-refractivity contribution in [1.29, 1.82) is 0 Å². The Morgan fingerprint density at radius 3 is 2.60 bits per heavy atom. The van der Waals surface area contributed by atoms with Crippen LogP contribution in [0.4, 0.5) is 10.1 Å². The summed E-state index contributed by atoms with van der Waals surface area (Å²) in [4.78, 5) is 13.5. The quantitative estimate of drug-likeness (QED) is 0.351. The topological polar surface area (TPSA) is 75.7 Å². The third-order valence-corrected chi connectivity index (χ3v) is 11.5. The number of amides is 1. The molecule has 1 unspecified atom stereocenters. The van der Waals surface area contributed by atoms with Crippen molar-refractivity contribution in [3.63, 3.8) is 0 Å². The van der Waals surface area contributed by atoms with Gasteiger partial charge in [-0.1, -0.05) is 23.7 Å². The molecular formula is C30H30ClFN2O4S2. The van der Waals surface area contributed by atoms with Gasteiger partial charge in [-0.25, -0.2) is 12.8 Å². The second-order valence-corrected chi connectivity index (χ2v) is 14.1. The van der Waals surface area contributed by atoms with Crippen LogP contribution in [-0.2, 0) is 22.0 Å². The first-order valence-electron chi connectivity index (χ1n) is 13.4. The van der Waals surface area contributed by atoms with E-state index in [4.69, 9.17) is 16.3 Å². The van der Waals surface area contributed by atoms with Gasteiger partial charge in [-0.15, -0.1) is 0 Å². The molecule has 3 aromatic carbocycles. The Balaban J connectivity index is 1.40. The summed E-state index contributed by atoms with van der Waals surface area (Å²) in [5, 5.41) is 3.14. The number of hydrogen-bond acceptors (Lipinski definition) is 5. The molecule has 1 spiro atoms. The highest BCUT2D eigenvalue weighted by atomic mass is 35.5.